The monoisotopic (exact) mass is 507 g/mol. The fourth-order valence-corrected chi connectivity index (χ4v) is 3.27. The molecule has 1 aliphatic rings. The van der Waals surface area contributed by atoms with Gasteiger partial charge in [-0.3, -0.25) is 4.79 Å². The van der Waals surface area contributed by atoms with Crippen LogP contribution in [0.1, 0.15) is 25.3 Å². The first-order valence-electron chi connectivity index (χ1n) is 9.77. The number of para-hydroxylation sites is 1. The van der Waals surface area contributed by atoms with Gasteiger partial charge in [0.2, 0.25) is 5.91 Å². The fourth-order valence-electron chi connectivity index (χ4n) is 3.27. The molecular formula is C22H30IN5O. The van der Waals surface area contributed by atoms with Crippen molar-refractivity contribution < 1.29 is 4.79 Å². The first-order valence-corrected chi connectivity index (χ1v) is 9.77. The number of carbonyl (C=O) groups is 1. The van der Waals surface area contributed by atoms with Crippen LogP contribution < -0.4 is 16.0 Å². The Morgan fingerprint density at radius 2 is 1.76 bits per heavy atom. The van der Waals surface area contributed by atoms with Gasteiger partial charge in [0.1, 0.15) is 6.54 Å². The highest BCUT2D eigenvalue weighted by Crippen LogP contribution is 2.18. The lowest BCUT2D eigenvalue weighted by Crippen LogP contribution is -2.49. The Balaban J connectivity index is 0.00000300. The number of guanidine groups is 1. The quantitative estimate of drug-likeness (QED) is 0.369. The topological polar surface area (TPSA) is 74.0 Å². The molecule has 2 aromatic rings. The van der Waals surface area contributed by atoms with Gasteiger partial charge in [0.15, 0.2) is 5.96 Å². The molecule has 1 amide bonds. The molecule has 1 aliphatic heterocycles. The molecule has 0 bridgehead atoms. The maximum Gasteiger partial charge on any atom is 0.244 e. The predicted molar refractivity (Wildman–Crippen MR) is 131 cm³/mol. The summed E-state index contributed by atoms with van der Waals surface area (Å²) in [6, 6.07) is 18.4. The molecule has 0 aromatic heterocycles. The largest absolute Gasteiger partial charge is 0.370 e. The van der Waals surface area contributed by atoms with Crippen molar-refractivity contribution in [3.05, 3.63) is 60.2 Å². The molecule has 0 aliphatic carbocycles. The van der Waals surface area contributed by atoms with Gasteiger partial charge in [-0.2, -0.15) is 0 Å². The molecule has 1 saturated heterocycles. The van der Waals surface area contributed by atoms with Gasteiger partial charge in [0.05, 0.1) is 0 Å². The van der Waals surface area contributed by atoms with E-state index in [0.717, 1.165) is 18.8 Å². The highest BCUT2D eigenvalue weighted by Gasteiger charge is 2.20. The van der Waals surface area contributed by atoms with E-state index in [2.05, 4.69) is 53.3 Å². The van der Waals surface area contributed by atoms with E-state index in [-0.39, 0.29) is 42.4 Å². The molecule has 156 valence electrons. The smallest absolute Gasteiger partial charge is 0.244 e. The third kappa shape index (κ3) is 6.62. The number of hydrogen-bond acceptors (Lipinski definition) is 3. The lowest BCUT2D eigenvalue weighted by molar-refractivity contribution is -0.129. The summed E-state index contributed by atoms with van der Waals surface area (Å²) in [6.07, 6.45) is 0. The summed E-state index contributed by atoms with van der Waals surface area (Å²) in [7, 11) is 0. The maximum atomic E-state index is 12.5. The molecule has 0 radical (unpaired) electrons. The van der Waals surface area contributed by atoms with E-state index >= 15 is 0 Å². The molecule has 0 atom stereocenters. The number of aliphatic imine (C=N–C) groups is 1. The minimum absolute atomic E-state index is 0. The SMILES string of the molecule is CC(C)c1cccc(NC(N)=NCC(=O)N2CCN(c3ccccc3)CC2)c1.I. The first kappa shape index (κ1) is 23.0. The van der Waals surface area contributed by atoms with Crippen molar-refractivity contribution in [3.63, 3.8) is 0 Å². The third-order valence-electron chi connectivity index (χ3n) is 4.96. The molecule has 3 rings (SSSR count). The van der Waals surface area contributed by atoms with E-state index in [1.54, 1.807) is 0 Å². The summed E-state index contributed by atoms with van der Waals surface area (Å²) in [5, 5.41) is 3.07. The number of rotatable bonds is 5. The van der Waals surface area contributed by atoms with Crippen LogP contribution in [0.3, 0.4) is 0 Å². The zero-order chi connectivity index (χ0) is 19.9. The summed E-state index contributed by atoms with van der Waals surface area (Å²) in [5.74, 6) is 0.710. The van der Waals surface area contributed by atoms with E-state index in [1.807, 2.05) is 35.2 Å². The van der Waals surface area contributed by atoms with Crippen LogP contribution in [-0.2, 0) is 4.79 Å². The Morgan fingerprint density at radius 3 is 2.41 bits per heavy atom. The lowest BCUT2D eigenvalue weighted by Gasteiger charge is -2.35. The molecule has 2 aromatic carbocycles. The van der Waals surface area contributed by atoms with Crippen LogP contribution in [0.2, 0.25) is 0 Å². The number of anilines is 2. The zero-order valence-corrected chi connectivity index (χ0v) is 19.4. The van der Waals surface area contributed by atoms with Crippen LogP contribution in [0.4, 0.5) is 11.4 Å². The van der Waals surface area contributed by atoms with Crippen LogP contribution in [0.15, 0.2) is 59.6 Å². The second kappa shape index (κ2) is 11.0. The molecule has 7 heteroatoms. The molecule has 1 heterocycles. The number of amides is 1. The number of benzene rings is 2. The number of nitrogens with zero attached hydrogens (tertiary/aromatic N) is 3. The maximum absolute atomic E-state index is 12.5. The third-order valence-corrected chi connectivity index (χ3v) is 4.96. The molecule has 3 N–H and O–H groups in total. The zero-order valence-electron chi connectivity index (χ0n) is 17.0. The molecule has 1 fully saturated rings. The van der Waals surface area contributed by atoms with Crippen LogP contribution in [0.5, 0.6) is 0 Å². The minimum atomic E-state index is 0. The summed E-state index contributed by atoms with van der Waals surface area (Å²) >= 11 is 0. The summed E-state index contributed by atoms with van der Waals surface area (Å²) < 4.78 is 0. The Bertz CT molecular complexity index is 817. The minimum Gasteiger partial charge on any atom is -0.370 e. The van der Waals surface area contributed by atoms with E-state index in [1.165, 1.54) is 11.3 Å². The van der Waals surface area contributed by atoms with Crippen molar-refractivity contribution in [1.29, 1.82) is 0 Å². The van der Waals surface area contributed by atoms with Crippen LogP contribution in [-0.4, -0.2) is 49.5 Å². The lowest BCUT2D eigenvalue weighted by atomic mass is 10.0. The average molecular weight is 507 g/mol. The number of piperazine rings is 1. The Morgan fingerprint density at radius 1 is 1.07 bits per heavy atom. The van der Waals surface area contributed by atoms with E-state index in [0.29, 0.717) is 19.0 Å². The second-order valence-electron chi connectivity index (χ2n) is 7.31. The van der Waals surface area contributed by atoms with Gasteiger partial charge in [-0.1, -0.05) is 44.2 Å². The van der Waals surface area contributed by atoms with Crippen molar-refractivity contribution in [1.82, 2.24) is 4.90 Å². The molecule has 6 nitrogen and oxygen atoms in total. The molecule has 0 spiro atoms. The van der Waals surface area contributed by atoms with Gasteiger partial charge in [0, 0.05) is 37.6 Å². The van der Waals surface area contributed by atoms with E-state index < -0.39 is 0 Å². The number of nitrogens with two attached hydrogens (primary N) is 1. The molecule has 0 saturated carbocycles. The summed E-state index contributed by atoms with van der Waals surface area (Å²) in [5.41, 5.74) is 9.28. The second-order valence-corrected chi connectivity index (χ2v) is 7.31. The van der Waals surface area contributed by atoms with Crippen molar-refractivity contribution in [2.75, 3.05) is 42.9 Å². The molecule has 0 unspecified atom stereocenters. The van der Waals surface area contributed by atoms with E-state index in [9.17, 15) is 4.79 Å². The van der Waals surface area contributed by atoms with Gasteiger partial charge < -0.3 is 20.9 Å². The van der Waals surface area contributed by atoms with Gasteiger partial charge in [-0.15, -0.1) is 24.0 Å². The number of nitrogens with one attached hydrogen (secondary N) is 1. The van der Waals surface area contributed by atoms with Crippen LogP contribution in [0.25, 0.3) is 0 Å². The Labute approximate surface area is 190 Å². The standard InChI is InChI=1S/C22H29N5O.HI/c1-17(2)18-7-6-8-19(15-18)25-22(23)24-16-21(28)27-13-11-26(12-14-27)20-9-4-3-5-10-20;/h3-10,15,17H,11-14,16H2,1-2H3,(H3,23,24,25);1H. The van der Waals surface area contributed by atoms with Gasteiger partial charge in [-0.25, -0.2) is 4.99 Å². The molecular weight excluding hydrogens is 477 g/mol. The van der Waals surface area contributed by atoms with E-state index in [4.69, 9.17) is 5.73 Å². The summed E-state index contributed by atoms with van der Waals surface area (Å²) in [6.45, 7) is 7.41. The number of halogens is 1. The van der Waals surface area contributed by atoms with Crippen molar-refractivity contribution >= 4 is 47.2 Å². The van der Waals surface area contributed by atoms with Gasteiger partial charge >= 0.3 is 0 Å². The average Bonchev–Trinajstić information content (AvgIpc) is 2.73. The highest BCUT2D eigenvalue weighted by atomic mass is 127. The normalized spacial score (nSPS) is 14.5. The Hall–Kier alpha value is -2.29. The van der Waals surface area contributed by atoms with Crippen LogP contribution >= 0.6 is 24.0 Å². The highest BCUT2D eigenvalue weighted by molar-refractivity contribution is 14.0. The van der Waals surface area contributed by atoms with Crippen molar-refractivity contribution in [2.45, 2.75) is 19.8 Å². The van der Waals surface area contributed by atoms with Crippen molar-refractivity contribution in [2.24, 2.45) is 10.7 Å². The number of carbonyl (C=O) groups excluding carboxylic acids is 1. The van der Waals surface area contributed by atoms with Gasteiger partial charge in [-0.05, 0) is 35.7 Å². The summed E-state index contributed by atoms with van der Waals surface area (Å²) in [4.78, 5) is 20.8. The van der Waals surface area contributed by atoms with Gasteiger partial charge in [0.25, 0.3) is 0 Å². The number of hydrogen-bond donors (Lipinski definition) is 2. The predicted octanol–water partition coefficient (Wildman–Crippen LogP) is 3.50. The Kier molecular flexibility index (Phi) is 8.75. The van der Waals surface area contributed by atoms with Crippen molar-refractivity contribution in [3.8, 4) is 0 Å². The molecule has 29 heavy (non-hydrogen) atoms. The fraction of sp³-hybridized carbons (Fsp3) is 0.364. The van der Waals surface area contributed by atoms with Crippen LogP contribution in [0, 0.1) is 0 Å². The first-order chi connectivity index (χ1) is 13.5.